The molecule has 0 heterocycles. The summed E-state index contributed by atoms with van der Waals surface area (Å²) in [6, 6.07) is 10.4. The second-order valence-electron chi connectivity index (χ2n) is 4.99. The van der Waals surface area contributed by atoms with Gasteiger partial charge in [-0.05, 0) is 48.2 Å². The zero-order valence-corrected chi connectivity index (χ0v) is 10.7. The molecule has 0 aromatic heterocycles. The number of azide groups is 2. The van der Waals surface area contributed by atoms with Crippen molar-refractivity contribution < 1.29 is 0 Å². The molecular formula is C13H16N6. The van der Waals surface area contributed by atoms with Crippen molar-refractivity contribution in [3.63, 3.8) is 0 Å². The molecule has 98 valence electrons. The van der Waals surface area contributed by atoms with Crippen LogP contribution < -0.4 is 0 Å². The van der Waals surface area contributed by atoms with Gasteiger partial charge in [0.1, 0.15) is 0 Å². The number of hydrogen-bond acceptors (Lipinski definition) is 2. The molecule has 0 saturated heterocycles. The summed E-state index contributed by atoms with van der Waals surface area (Å²) < 4.78 is 0. The number of benzene rings is 1. The van der Waals surface area contributed by atoms with Crippen molar-refractivity contribution in [2.45, 2.75) is 37.1 Å². The van der Waals surface area contributed by atoms with Gasteiger partial charge in [-0.15, -0.1) is 0 Å². The van der Waals surface area contributed by atoms with E-state index in [0.29, 0.717) is 5.92 Å². The van der Waals surface area contributed by atoms with Crippen LogP contribution in [-0.2, 0) is 0 Å². The van der Waals surface area contributed by atoms with Gasteiger partial charge in [-0.3, -0.25) is 0 Å². The van der Waals surface area contributed by atoms with Crippen LogP contribution in [0.5, 0.6) is 0 Å². The lowest BCUT2D eigenvalue weighted by molar-refractivity contribution is 0.279. The average molecular weight is 256 g/mol. The highest BCUT2D eigenvalue weighted by atomic mass is 15.2. The Morgan fingerprint density at radius 1 is 1.11 bits per heavy atom. The Kier molecular flexibility index (Phi) is 4.29. The molecule has 1 aromatic carbocycles. The molecule has 1 aromatic rings. The monoisotopic (exact) mass is 256 g/mol. The quantitative estimate of drug-likeness (QED) is 0.423. The SMILES string of the molecule is [N-]=[N+]=NCC1(N=[N+]=[N-])CCC(c2ccccc2)CC1. The second-order valence-corrected chi connectivity index (χ2v) is 4.99. The largest absolute Gasteiger partial charge is 0.0933 e. The minimum Gasteiger partial charge on any atom is -0.0933 e. The number of rotatable bonds is 4. The average Bonchev–Trinajstić information content (AvgIpc) is 2.47. The molecule has 1 fully saturated rings. The smallest absolute Gasteiger partial charge is 0.0544 e. The van der Waals surface area contributed by atoms with Crippen LogP contribution in [0.1, 0.15) is 37.2 Å². The first-order valence-corrected chi connectivity index (χ1v) is 6.42. The molecule has 0 spiro atoms. The second kappa shape index (κ2) is 6.14. The lowest BCUT2D eigenvalue weighted by Crippen LogP contribution is -2.34. The van der Waals surface area contributed by atoms with E-state index in [-0.39, 0.29) is 6.54 Å². The standard InChI is InChI=1S/C13H16N6/c14-18-16-10-13(17-19-15)8-6-12(7-9-13)11-4-2-1-3-5-11/h1-5,12H,6-10H2. The Morgan fingerprint density at radius 2 is 1.79 bits per heavy atom. The van der Waals surface area contributed by atoms with E-state index in [1.807, 2.05) is 18.2 Å². The number of hydrogen-bond donors (Lipinski definition) is 0. The van der Waals surface area contributed by atoms with Gasteiger partial charge in [-0.1, -0.05) is 40.6 Å². The van der Waals surface area contributed by atoms with Gasteiger partial charge >= 0.3 is 0 Å². The van der Waals surface area contributed by atoms with Gasteiger partial charge in [0.2, 0.25) is 0 Å². The third-order valence-corrected chi connectivity index (χ3v) is 3.87. The maximum atomic E-state index is 8.69. The summed E-state index contributed by atoms with van der Waals surface area (Å²) >= 11 is 0. The molecule has 0 aliphatic heterocycles. The van der Waals surface area contributed by atoms with Crippen LogP contribution in [0.4, 0.5) is 0 Å². The van der Waals surface area contributed by atoms with Crippen molar-refractivity contribution in [3.05, 3.63) is 56.8 Å². The van der Waals surface area contributed by atoms with Crippen LogP contribution in [0.2, 0.25) is 0 Å². The van der Waals surface area contributed by atoms with Gasteiger partial charge in [0.05, 0.1) is 5.54 Å². The van der Waals surface area contributed by atoms with E-state index in [4.69, 9.17) is 11.1 Å². The predicted octanol–water partition coefficient (Wildman–Crippen LogP) is 4.70. The van der Waals surface area contributed by atoms with Crippen LogP contribution in [0.15, 0.2) is 40.6 Å². The molecule has 1 saturated carbocycles. The molecule has 0 bridgehead atoms. The van der Waals surface area contributed by atoms with Crippen molar-refractivity contribution >= 4 is 0 Å². The summed E-state index contributed by atoms with van der Waals surface area (Å²) in [7, 11) is 0. The minimum absolute atomic E-state index is 0.259. The van der Waals surface area contributed by atoms with Crippen LogP contribution in [0, 0.1) is 0 Å². The zero-order valence-electron chi connectivity index (χ0n) is 10.7. The highest BCUT2D eigenvalue weighted by molar-refractivity contribution is 5.20. The number of nitrogens with zero attached hydrogens (tertiary/aromatic N) is 6. The van der Waals surface area contributed by atoms with Crippen LogP contribution in [0.25, 0.3) is 20.9 Å². The maximum absolute atomic E-state index is 8.69. The lowest BCUT2D eigenvalue weighted by atomic mass is 9.74. The molecule has 0 unspecified atom stereocenters. The van der Waals surface area contributed by atoms with Crippen LogP contribution >= 0.6 is 0 Å². The van der Waals surface area contributed by atoms with Gasteiger partial charge in [-0.25, -0.2) is 0 Å². The van der Waals surface area contributed by atoms with Gasteiger partial charge in [0, 0.05) is 16.4 Å². The van der Waals surface area contributed by atoms with Gasteiger partial charge in [0.25, 0.3) is 0 Å². The third kappa shape index (κ3) is 3.19. The molecule has 19 heavy (non-hydrogen) atoms. The minimum atomic E-state index is -0.522. The van der Waals surface area contributed by atoms with E-state index in [1.165, 1.54) is 5.56 Å². The fourth-order valence-electron chi connectivity index (χ4n) is 2.76. The molecule has 0 N–H and O–H groups in total. The molecule has 1 aliphatic rings. The fraction of sp³-hybridized carbons (Fsp3) is 0.538. The summed E-state index contributed by atoms with van der Waals surface area (Å²) in [6.07, 6.45) is 3.47. The van der Waals surface area contributed by atoms with Crippen LogP contribution in [0.3, 0.4) is 0 Å². The van der Waals surface area contributed by atoms with E-state index in [0.717, 1.165) is 25.7 Å². The maximum Gasteiger partial charge on any atom is 0.0544 e. The molecular weight excluding hydrogens is 240 g/mol. The summed E-state index contributed by atoms with van der Waals surface area (Å²) in [4.78, 5) is 5.70. The van der Waals surface area contributed by atoms with Crippen molar-refractivity contribution in [2.75, 3.05) is 6.54 Å². The summed E-state index contributed by atoms with van der Waals surface area (Å²) in [5.41, 5.74) is 17.9. The summed E-state index contributed by atoms with van der Waals surface area (Å²) in [5.74, 6) is 0.509. The van der Waals surface area contributed by atoms with Crippen molar-refractivity contribution in [3.8, 4) is 0 Å². The normalized spacial score (nSPS) is 26.0. The fourth-order valence-corrected chi connectivity index (χ4v) is 2.76. The van der Waals surface area contributed by atoms with E-state index in [9.17, 15) is 0 Å². The van der Waals surface area contributed by atoms with Gasteiger partial charge < -0.3 is 0 Å². The molecule has 0 radical (unpaired) electrons. The molecule has 0 amide bonds. The Bertz CT molecular complexity index is 505. The Balaban J connectivity index is 2.07. The zero-order chi connectivity index (χ0) is 13.6. The lowest BCUT2D eigenvalue weighted by Gasteiger charge is -2.35. The van der Waals surface area contributed by atoms with Crippen LogP contribution in [-0.4, -0.2) is 12.1 Å². The Hall–Kier alpha value is -2.16. The molecule has 1 aliphatic carbocycles. The highest BCUT2D eigenvalue weighted by Gasteiger charge is 2.34. The molecule has 6 heteroatoms. The van der Waals surface area contributed by atoms with Crippen molar-refractivity contribution in [1.82, 2.24) is 0 Å². The van der Waals surface area contributed by atoms with Gasteiger partial charge in [0.15, 0.2) is 0 Å². The Morgan fingerprint density at radius 3 is 2.37 bits per heavy atom. The van der Waals surface area contributed by atoms with E-state index >= 15 is 0 Å². The highest BCUT2D eigenvalue weighted by Crippen LogP contribution is 2.40. The molecule has 6 nitrogen and oxygen atoms in total. The van der Waals surface area contributed by atoms with E-state index < -0.39 is 5.54 Å². The first-order valence-electron chi connectivity index (χ1n) is 6.42. The van der Waals surface area contributed by atoms with Crippen molar-refractivity contribution in [2.24, 2.45) is 10.2 Å². The third-order valence-electron chi connectivity index (χ3n) is 3.87. The summed E-state index contributed by atoms with van der Waals surface area (Å²) in [5, 5.41) is 7.50. The van der Waals surface area contributed by atoms with E-state index in [1.54, 1.807) is 0 Å². The summed E-state index contributed by atoms with van der Waals surface area (Å²) in [6.45, 7) is 0.259. The first-order chi connectivity index (χ1) is 9.29. The van der Waals surface area contributed by atoms with E-state index in [2.05, 4.69) is 32.2 Å². The molecule has 2 rings (SSSR count). The Labute approximate surface area is 111 Å². The predicted molar refractivity (Wildman–Crippen MR) is 73.5 cm³/mol. The molecule has 0 atom stereocenters. The topological polar surface area (TPSA) is 97.5 Å². The van der Waals surface area contributed by atoms with Crippen molar-refractivity contribution in [1.29, 1.82) is 0 Å². The van der Waals surface area contributed by atoms with Gasteiger partial charge in [-0.2, -0.15) is 0 Å². The first kappa shape index (κ1) is 13.3.